The summed E-state index contributed by atoms with van der Waals surface area (Å²) in [5.41, 5.74) is -1.05. The number of sulfonamides is 1. The average Bonchev–Trinajstić information content (AvgIpc) is 2.25. The maximum absolute atomic E-state index is 11.8. The first kappa shape index (κ1) is 15.9. The molecule has 0 spiro atoms. The number of carboxylic acid groups (broad SMARTS) is 1. The lowest BCUT2D eigenvalue weighted by molar-refractivity contribution is -0.384. The number of hydrogen-bond donors (Lipinski definition) is 2. The number of anilines is 1. The van der Waals surface area contributed by atoms with Crippen molar-refractivity contribution < 1.29 is 23.2 Å². The van der Waals surface area contributed by atoms with Gasteiger partial charge in [-0.05, 0) is 12.0 Å². The first-order valence-electron chi connectivity index (χ1n) is 5.64. The number of nitrogens with one attached hydrogen (secondary N) is 1. The molecule has 110 valence electrons. The minimum atomic E-state index is -3.77. The molecule has 0 bridgehead atoms. The molecule has 8 nitrogen and oxygen atoms in total. The Morgan fingerprint density at radius 3 is 2.50 bits per heavy atom. The third-order valence-electron chi connectivity index (χ3n) is 2.26. The fourth-order valence-electron chi connectivity index (χ4n) is 1.56. The predicted molar refractivity (Wildman–Crippen MR) is 72.3 cm³/mol. The summed E-state index contributed by atoms with van der Waals surface area (Å²) in [6.07, 6.45) is 0. The topological polar surface area (TPSA) is 127 Å². The zero-order chi connectivity index (χ0) is 15.5. The highest BCUT2D eigenvalue weighted by Gasteiger charge is 2.20. The Bertz CT molecular complexity index is 638. The van der Waals surface area contributed by atoms with Crippen molar-refractivity contribution in [3.05, 3.63) is 33.9 Å². The van der Waals surface area contributed by atoms with Crippen LogP contribution in [0.2, 0.25) is 0 Å². The smallest absolute Gasteiger partial charge is 0.337 e. The first-order chi connectivity index (χ1) is 9.12. The molecule has 0 atom stereocenters. The Labute approximate surface area is 115 Å². The van der Waals surface area contributed by atoms with Crippen LogP contribution in [-0.4, -0.2) is 30.2 Å². The Balaban J connectivity index is 3.23. The van der Waals surface area contributed by atoms with Gasteiger partial charge in [0.25, 0.3) is 5.69 Å². The zero-order valence-electron chi connectivity index (χ0n) is 10.9. The fourth-order valence-corrected chi connectivity index (χ4v) is 3.03. The third-order valence-corrected chi connectivity index (χ3v) is 3.90. The molecule has 2 N–H and O–H groups in total. The highest BCUT2D eigenvalue weighted by atomic mass is 32.2. The summed E-state index contributed by atoms with van der Waals surface area (Å²) in [6.45, 7) is 3.37. The molecule has 0 saturated carbocycles. The van der Waals surface area contributed by atoms with Crippen molar-refractivity contribution in [3.63, 3.8) is 0 Å². The summed E-state index contributed by atoms with van der Waals surface area (Å²) < 4.78 is 25.7. The number of non-ortho nitro benzene ring substituents is 1. The van der Waals surface area contributed by atoms with Crippen LogP contribution in [-0.2, 0) is 10.0 Å². The Morgan fingerprint density at radius 1 is 1.45 bits per heavy atom. The Kier molecular flexibility index (Phi) is 4.66. The van der Waals surface area contributed by atoms with E-state index in [1.165, 1.54) is 0 Å². The molecule has 0 heterocycles. The van der Waals surface area contributed by atoms with E-state index < -0.39 is 26.6 Å². The number of rotatable bonds is 6. The molecule has 0 aromatic heterocycles. The number of nitro benzene ring substituents is 1. The monoisotopic (exact) mass is 302 g/mol. The second kappa shape index (κ2) is 5.87. The molecule has 0 aliphatic carbocycles. The number of carboxylic acids is 1. The van der Waals surface area contributed by atoms with E-state index in [2.05, 4.69) is 4.72 Å². The summed E-state index contributed by atoms with van der Waals surface area (Å²) >= 11 is 0. The van der Waals surface area contributed by atoms with Gasteiger partial charge in [0.2, 0.25) is 10.0 Å². The predicted octanol–water partition coefficient (Wildman–Crippen LogP) is 1.69. The van der Waals surface area contributed by atoms with Crippen LogP contribution in [0.5, 0.6) is 0 Å². The molecule has 0 aliphatic rings. The van der Waals surface area contributed by atoms with E-state index in [9.17, 15) is 23.3 Å². The largest absolute Gasteiger partial charge is 0.478 e. The van der Waals surface area contributed by atoms with Crippen molar-refractivity contribution in [1.29, 1.82) is 0 Å². The first-order valence-corrected chi connectivity index (χ1v) is 7.30. The van der Waals surface area contributed by atoms with Gasteiger partial charge in [0.15, 0.2) is 0 Å². The van der Waals surface area contributed by atoms with Crippen LogP contribution >= 0.6 is 0 Å². The summed E-state index contributed by atoms with van der Waals surface area (Å²) in [4.78, 5) is 20.9. The van der Waals surface area contributed by atoms with Gasteiger partial charge in [0.1, 0.15) is 0 Å². The molecule has 1 aromatic rings. The van der Waals surface area contributed by atoms with Crippen LogP contribution < -0.4 is 4.72 Å². The van der Waals surface area contributed by atoms with Crippen molar-refractivity contribution in [2.75, 3.05) is 10.5 Å². The number of aromatic carboxylic acids is 1. The Hall–Kier alpha value is -2.16. The molecule has 0 aliphatic heterocycles. The van der Waals surface area contributed by atoms with Crippen LogP contribution in [0.4, 0.5) is 11.4 Å². The molecule has 9 heteroatoms. The van der Waals surface area contributed by atoms with Gasteiger partial charge < -0.3 is 5.11 Å². The molecule has 0 amide bonds. The van der Waals surface area contributed by atoms with Crippen molar-refractivity contribution in [1.82, 2.24) is 0 Å². The SMILES string of the molecule is CC(C)CS(=O)(=O)Nc1cc([N+](=O)[O-])ccc1C(=O)O. The van der Waals surface area contributed by atoms with Gasteiger partial charge in [-0.15, -0.1) is 0 Å². The number of nitrogens with zero attached hydrogens (tertiary/aromatic N) is 1. The molecular formula is C11H14N2O6S. The van der Waals surface area contributed by atoms with E-state index in [1.807, 2.05) is 0 Å². The fraction of sp³-hybridized carbons (Fsp3) is 0.364. The quantitative estimate of drug-likeness (QED) is 0.608. The molecule has 0 unspecified atom stereocenters. The average molecular weight is 302 g/mol. The number of benzene rings is 1. The number of carbonyl (C=O) groups is 1. The van der Waals surface area contributed by atoms with Gasteiger partial charge in [-0.2, -0.15) is 0 Å². The maximum atomic E-state index is 11.8. The normalized spacial score (nSPS) is 11.3. The highest BCUT2D eigenvalue weighted by molar-refractivity contribution is 7.92. The van der Waals surface area contributed by atoms with E-state index in [1.54, 1.807) is 13.8 Å². The standard InChI is InChI=1S/C11H14N2O6S/c1-7(2)6-20(18,19)12-10-5-8(13(16)17)3-4-9(10)11(14)15/h3-5,7,12H,6H2,1-2H3,(H,14,15). The third kappa shape index (κ3) is 4.19. The van der Waals surface area contributed by atoms with Crippen LogP contribution in [0, 0.1) is 16.0 Å². The van der Waals surface area contributed by atoms with Gasteiger partial charge in [0.05, 0.1) is 21.9 Å². The summed E-state index contributed by atoms with van der Waals surface area (Å²) in [5.74, 6) is -1.75. The van der Waals surface area contributed by atoms with E-state index in [0.29, 0.717) is 0 Å². The lowest BCUT2D eigenvalue weighted by Crippen LogP contribution is -2.21. The van der Waals surface area contributed by atoms with E-state index in [-0.39, 0.29) is 22.9 Å². The maximum Gasteiger partial charge on any atom is 0.337 e. The molecule has 20 heavy (non-hydrogen) atoms. The zero-order valence-corrected chi connectivity index (χ0v) is 11.7. The van der Waals surface area contributed by atoms with E-state index >= 15 is 0 Å². The number of hydrogen-bond acceptors (Lipinski definition) is 5. The molecule has 0 saturated heterocycles. The molecule has 1 rings (SSSR count). The highest BCUT2D eigenvalue weighted by Crippen LogP contribution is 2.24. The van der Waals surface area contributed by atoms with Crippen LogP contribution in [0.15, 0.2) is 18.2 Å². The van der Waals surface area contributed by atoms with Crippen molar-refractivity contribution in [3.8, 4) is 0 Å². The van der Waals surface area contributed by atoms with Gasteiger partial charge in [-0.1, -0.05) is 13.8 Å². The van der Waals surface area contributed by atoms with Crippen molar-refractivity contribution in [2.24, 2.45) is 5.92 Å². The molecular weight excluding hydrogens is 288 g/mol. The summed E-state index contributed by atoms with van der Waals surface area (Å²) in [5, 5.41) is 19.6. The van der Waals surface area contributed by atoms with Crippen LogP contribution in [0.1, 0.15) is 24.2 Å². The lowest BCUT2D eigenvalue weighted by atomic mass is 10.1. The van der Waals surface area contributed by atoms with Crippen molar-refractivity contribution >= 4 is 27.4 Å². The minimum Gasteiger partial charge on any atom is -0.478 e. The minimum absolute atomic E-state index is 0.167. The second-order valence-electron chi connectivity index (χ2n) is 4.57. The molecule has 1 aromatic carbocycles. The number of nitro groups is 1. The van der Waals surface area contributed by atoms with Gasteiger partial charge in [-0.3, -0.25) is 14.8 Å². The summed E-state index contributed by atoms with van der Waals surface area (Å²) in [7, 11) is -3.77. The van der Waals surface area contributed by atoms with Gasteiger partial charge in [0, 0.05) is 12.1 Å². The summed E-state index contributed by atoms with van der Waals surface area (Å²) in [6, 6.07) is 2.89. The molecule has 0 fully saturated rings. The lowest BCUT2D eigenvalue weighted by Gasteiger charge is -2.11. The Morgan fingerprint density at radius 2 is 2.05 bits per heavy atom. The second-order valence-corrected chi connectivity index (χ2v) is 6.34. The van der Waals surface area contributed by atoms with Crippen molar-refractivity contribution in [2.45, 2.75) is 13.8 Å². The van der Waals surface area contributed by atoms with Gasteiger partial charge >= 0.3 is 5.97 Å². The molecule has 0 radical (unpaired) electrons. The van der Waals surface area contributed by atoms with Gasteiger partial charge in [-0.25, -0.2) is 13.2 Å². The van der Waals surface area contributed by atoms with E-state index in [0.717, 1.165) is 18.2 Å². The van der Waals surface area contributed by atoms with Crippen LogP contribution in [0.25, 0.3) is 0 Å². The van der Waals surface area contributed by atoms with Crippen LogP contribution in [0.3, 0.4) is 0 Å². The van der Waals surface area contributed by atoms with E-state index in [4.69, 9.17) is 5.11 Å².